The predicted octanol–water partition coefficient (Wildman–Crippen LogP) is 3.71. The van der Waals surface area contributed by atoms with E-state index < -0.39 is 0 Å². The van der Waals surface area contributed by atoms with Crippen LogP contribution in [0.1, 0.15) is 43.2 Å². The summed E-state index contributed by atoms with van der Waals surface area (Å²) in [5, 5.41) is 4.04. The summed E-state index contributed by atoms with van der Waals surface area (Å²) in [6.07, 6.45) is 0. The molecule has 0 bridgehead atoms. The first-order valence-electron chi connectivity index (χ1n) is 6.61. The van der Waals surface area contributed by atoms with Crippen molar-refractivity contribution in [2.24, 2.45) is 5.73 Å². The predicted molar refractivity (Wildman–Crippen MR) is 78.0 cm³/mol. The lowest BCUT2D eigenvalue weighted by Gasteiger charge is -2.20. The molecule has 2 N–H and O–H groups in total. The zero-order valence-electron chi connectivity index (χ0n) is 12.4. The van der Waals surface area contributed by atoms with E-state index in [1.54, 1.807) is 0 Å². The molecule has 0 saturated heterocycles. The average molecular weight is 258 g/mol. The van der Waals surface area contributed by atoms with Crippen LogP contribution in [-0.4, -0.2) is 5.16 Å². The van der Waals surface area contributed by atoms with Crippen LogP contribution in [-0.2, 0) is 12.0 Å². The van der Waals surface area contributed by atoms with Crippen LogP contribution in [0.4, 0.5) is 0 Å². The van der Waals surface area contributed by atoms with Crippen LogP contribution in [0, 0.1) is 13.8 Å². The number of hydrogen-bond donors (Lipinski definition) is 1. The van der Waals surface area contributed by atoms with Crippen LogP contribution in [0.2, 0.25) is 0 Å². The Morgan fingerprint density at radius 2 is 1.89 bits per heavy atom. The van der Waals surface area contributed by atoms with Crippen molar-refractivity contribution in [3.63, 3.8) is 0 Å². The van der Waals surface area contributed by atoms with Crippen LogP contribution in [0.15, 0.2) is 22.7 Å². The van der Waals surface area contributed by atoms with Gasteiger partial charge in [-0.1, -0.05) is 38.1 Å². The largest absolute Gasteiger partial charge is 0.356 e. The van der Waals surface area contributed by atoms with Gasteiger partial charge in [-0.2, -0.15) is 0 Å². The molecule has 3 nitrogen and oxygen atoms in total. The zero-order valence-corrected chi connectivity index (χ0v) is 12.4. The molecule has 1 aromatic heterocycles. The highest BCUT2D eigenvalue weighted by Gasteiger charge is 2.19. The highest BCUT2D eigenvalue weighted by molar-refractivity contribution is 5.67. The molecule has 0 aliphatic heterocycles. The molecule has 1 aromatic carbocycles. The Hall–Kier alpha value is -1.61. The van der Waals surface area contributed by atoms with E-state index in [0.717, 1.165) is 22.6 Å². The van der Waals surface area contributed by atoms with E-state index in [9.17, 15) is 0 Å². The molecule has 0 aliphatic rings. The molecule has 0 radical (unpaired) electrons. The maximum Gasteiger partial charge on any atom is 0.171 e. The Labute approximate surface area is 114 Å². The van der Waals surface area contributed by atoms with E-state index in [1.807, 2.05) is 6.92 Å². The first-order chi connectivity index (χ1) is 8.84. The third-order valence-electron chi connectivity index (χ3n) is 3.54. The van der Waals surface area contributed by atoms with Gasteiger partial charge in [0.15, 0.2) is 5.76 Å². The van der Waals surface area contributed by atoms with E-state index >= 15 is 0 Å². The summed E-state index contributed by atoms with van der Waals surface area (Å²) < 4.78 is 5.49. The second-order valence-corrected chi connectivity index (χ2v) is 6.06. The van der Waals surface area contributed by atoms with Gasteiger partial charge in [0.2, 0.25) is 0 Å². The Morgan fingerprint density at radius 1 is 1.21 bits per heavy atom. The van der Waals surface area contributed by atoms with Gasteiger partial charge in [0.25, 0.3) is 0 Å². The average Bonchev–Trinajstić information content (AvgIpc) is 2.69. The maximum atomic E-state index is 5.81. The van der Waals surface area contributed by atoms with Crippen LogP contribution in [0.25, 0.3) is 11.3 Å². The quantitative estimate of drug-likeness (QED) is 0.893. The highest BCUT2D eigenvalue weighted by Crippen LogP contribution is 2.32. The number of nitrogens with zero attached hydrogens (tertiary/aromatic N) is 1. The van der Waals surface area contributed by atoms with Crippen molar-refractivity contribution in [2.45, 2.75) is 46.6 Å². The molecule has 0 saturated carbocycles. The number of rotatable bonds is 2. The van der Waals surface area contributed by atoms with Gasteiger partial charge in [0, 0.05) is 17.7 Å². The van der Waals surface area contributed by atoms with Gasteiger partial charge < -0.3 is 10.3 Å². The van der Waals surface area contributed by atoms with Crippen molar-refractivity contribution in [3.8, 4) is 11.3 Å². The summed E-state index contributed by atoms with van der Waals surface area (Å²) in [7, 11) is 0. The fourth-order valence-electron chi connectivity index (χ4n) is 2.17. The number of aryl methyl sites for hydroxylation is 2. The summed E-state index contributed by atoms with van der Waals surface area (Å²) in [5.74, 6) is 0.809. The van der Waals surface area contributed by atoms with Gasteiger partial charge in [-0.25, -0.2) is 0 Å². The van der Waals surface area contributed by atoms with Gasteiger partial charge in [-0.05, 0) is 36.5 Å². The zero-order chi connectivity index (χ0) is 14.2. The van der Waals surface area contributed by atoms with Crippen molar-refractivity contribution in [1.82, 2.24) is 5.16 Å². The molecule has 0 fully saturated rings. The van der Waals surface area contributed by atoms with Crippen LogP contribution < -0.4 is 5.73 Å². The van der Waals surface area contributed by atoms with E-state index in [2.05, 4.69) is 51.1 Å². The molecule has 0 aliphatic carbocycles. The standard InChI is InChI=1S/C16H22N2O/c1-10-6-7-12(16(3,4)5)8-13(10)15-14(9-17)11(2)18-19-15/h6-8H,9,17H2,1-5H3. The number of nitrogens with two attached hydrogens (primary N) is 1. The molecular formula is C16H22N2O. The van der Waals surface area contributed by atoms with Crippen molar-refractivity contribution in [2.75, 3.05) is 0 Å². The molecule has 0 unspecified atom stereocenters. The van der Waals surface area contributed by atoms with Gasteiger partial charge in [-0.3, -0.25) is 0 Å². The lowest BCUT2D eigenvalue weighted by molar-refractivity contribution is 0.426. The smallest absolute Gasteiger partial charge is 0.171 e. The lowest BCUT2D eigenvalue weighted by atomic mass is 9.84. The normalized spacial score (nSPS) is 11.9. The van der Waals surface area contributed by atoms with Gasteiger partial charge >= 0.3 is 0 Å². The fourth-order valence-corrected chi connectivity index (χ4v) is 2.17. The molecule has 19 heavy (non-hydrogen) atoms. The van der Waals surface area contributed by atoms with Crippen LogP contribution in [0.3, 0.4) is 0 Å². The molecule has 0 amide bonds. The van der Waals surface area contributed by atoms with Gasteiger partial charge in [-0.15, -0.1) is 0 Å². The van der Waals surface area contributed by atoms with E-state index in [1.165, 1.54) is 11.1 Å². The van der Waals surface area contributed by atoms with Gasteiger partial charge in [0.05, 0.1) is 5.69 Å². The third kappa shape index (κ3) is 2.56. The Morgan fingerprint density at radius 3 is 2.47 bits per heavy atom. The summed E-state index contributed by atoms with van der Waals surface area (Å²) in [4.78, 5) is 0. The highest BCUT2D eigenvalue weighted by atomic mass is 16.5. The Balaban J connectivity index is 2.61. The molecule has 3 heteroatoms. The minimum absolute atomic E-state index is 0.112. The van der Waals surface area contributed by atoms with Crippen molar-refractivity contribution in [1.29, 1.82) is 0 Å². The molecule has 0 spiro atoms. The molecule has 0 atom stereocenters. The van der Waals surface area contributed by atoms with Crippen molar-refractivity contribution in [3.05, 3.63) is 40.6 Å². The third-order valence-corrected chi connectivity index (χ3v) is 3.54. The molecular weight excluding hydrogens is 236 g/mol. The first kappa shape index (κ1) is 13.8. The van der Waals surface area contributed by atoms with Gasteiger partial charge in [0.1, 0.15) is 0 Å². The Bertz CT molecular complexity index is 591. The molecule has 102 valence electrons. The SMILES string of the molecule is Cc1ccc(C(C)(C)C)cc1-c1onc(C)c1CN. The Kier molecular flexibility index (Phi) is 3.50. The molecule has 2 aromatic rings. The number of benzene rings is 1. The molecule has 1 heterocycles. The van der Waals surface area contributed by atoms with E-state index in [-0.39, 0.29) is 5.41 Å². The fraction of sp³-hybridized carbons (Fsp3) is 0.438. The second-order valence-electron chi connectivity index (χ2n) is 6.06. The van der Waals surface area contributed by atoms with Crippen LogP contribution in [0.5, 0.6) is 0 Å². The summed E-state index contributed by atoms with van der Waals surface area (Å²) >= 11 is 0. The topological polar surface area (TPSA) is 52.0 Å². The van der Waals surface area contributed by atoms with Crippen LogP contribution >= 0.6 is 0 Å². The molecule has 2 rings (SSSR count). The number of hydrogen-bond acceptors (Lipinski definition) is 3. The minimum Gasteiger partial charge on any atom is -0.356 e. The van der Waals surface area contributed by atoms with E-state index in [0.29, 0.717) is 6.54 Å². The summed E-state index contributed by atoms with van der Waals surface area (Å²) in [5.41, 5.74) is 11.3. The minimum atomic E-state index is 0.112. The van der Waals surface area contributed by atoms with Crippen molar-refractivity contribution < 1.29 is 4.52 Å². The lowest BCUT2D eigenvalue weighted by Crippen LogP contribution is -2.11. The summed E-state index contributed by atoms with van der Waals surface area (Å²) in [6, 6.07) is 6.49. The number of aromatic nitrogens is 1. The van der Waals surface area contributed by atoms with E-state index in [4.69, 9.17) is 10.3 Å². The second kappa shape index (κ2) is 4.82. The summed E-state index contributed by atoms with van der Waals surface area (Å²) in [6.45, 7) is 11.1. The van der Waals surface area contributed by atoms with Crippen molar-refractivity contribution >= 4 is 0 Å². The maximum absolute atomic E-state index is 5.81. The first-order valence-corrected chi connectivity index (χ1v) is 6.61. The monoisotopic (exact) mass is 258 g/mol.